The minimum atomic E-state index is 0.257. The molecular formula is C11H15NO. The lowest BCUT2D eigenvalue weighted by Crippen LogP contribution is -2.08. The van der Waals surface area contributed by atoms with Gasteiger partial charge in [0.25, 0.3) is 0 Å². The Morgan fingerprint density at radius 1 is 1.77 bits per heavy atom. The molecule has 0 amide bonds. The van der Waals surface area contributed by atoms with Crippen molar-refractivity contribution in [3.63, 3.8) is 0 Å². The number of hydrogen-bond donors (Lipinski definition) is 1. The Morgan fingerprint density at radius 2 is 2.54 bits per heavy atom. The Kier molecular flexibility index (Phi) is 3.38. The summed E-state index contributed by atoms with van der Waals surface area (Å²) in [5, 5.41) is 0. The molecule has 1 atom stereocenters. The summed E-state index contributed by atoms with van der Waals surface area (Å²) in [5.41, 5.74) is 6.47. The van der Waals surface area contributed by atoms with Crippen LogP contribution in [0.15, 0.2) is 48.6 Å². The Morgan fingerprint density at radius 3 is 3.08 bits per heavy atom. The van der Waals surface area contributed by atoms with Crippen LogP contribution < -0.4 is 5.73 Å². The highest BCUT2D eigenvalue weighted by Crippen LogP contribution is 2.23. The van der Waals surface area contributed by atoms with E-state index < -0.39 is 0 Å². The summed E-state index contributed by atoms with van der Waals surface area (Å²) in [4.78, 5) is 0. The summed E-state index contributed by atoms with van der Waals surface area (Å²) in [6.45, 7) is 5.47. The molecule has 2 N–H and O–H groups in total. The van der Waals surface area contributed by atoms with Crippen molar-refractivity contribution < 1.29 is 4.74 Å². The van der Waals surface area contributed by atoms with Crippen LogP contribution in [-0.4, -0.2) is 0 Å². The number of hydrogen-bond acceptors (Lipinski definition) is 2. The maximum Gasteiger partial charge on any atom is 0.106 e. The van der Waals surface area contributed by atoms with E-state index in [1.807, 2.05) is 25.2 Å². The molecule has 0 bridgehead atoms. The Labute approximate surface area is 79.1 Å². The molecule has 0 aromatic carbocycles. The van der Waals surface area contributed by atoms with Crippen molar-refractivity contribution in [2.24, 2.45) is 11.7 Å². The predicted octanol–water partition coefficient (Wildman–Crippen LogP) is 2.47. The van der Waals surface area contributed by atoms with E-state index in [9.17, 15) is 0 Å². The third kappa shape index (κ3) is 2.51. The topological polar surface area (TPSA) is 35.2 Å². The molecule has 0 saturated heterocycles. The maximum absolute atomic E-state index is 5.68. The SMILES string of the molecule is C=CO/C(=C\C)C1C=C(N)C=CC1. The molecule has 0 radical (unpaired) electrons. The highest BCUT2D eigenvalue weighted by Gasteiger charge is 2.13. The van der Waals surface area contributed by atoms with Gasteiger partial charge in [-0.2, -0.15) is 0 Å². The Balaban J connectivity index is 2.71. The van der Waals surface area contributed by atoms with Crippen LogP contribution in [0.25, 0.3) is 0 Å². The van der Waals surface area contributed by atoms with E-state index in [1.54, 1.807) is 0 Å². The van der Waals surface area contributed by atoms with Gasteiger partial charge in [-0.1, -0.05) is 18.7 Å². The number of rotatable bonds is 3. The van der Waals surface area contributed by atoms with Crippen LogP contribution >= 0.6 is 0 Å². The van der Waals surface area contributed by atoms with Gasteiger partial charge in [0.05, 0.1) is 6.26 Å². The molecule has 70 valence electrons. The zero-order valence-corrected chi connectivity index (χ0v) is 7.86. The van der Waals surface area contributed by atoms with Crippen LogP contribution in [0.3, 0.4) is 0 Å². The first-order valence-corrected chi connectivity index (χ1v) is 4.35. The average Bonchev–Trinajstić information content (AvgIpc) is 2.14. The average molecular weight is 177 g/mol. The standard InChI is InChI=1S/C11H15NO/c1-3-11(13-4-2)9-6-5-7-10(12)8-9/h3-5,7-9H,2,6,12H2,1H3/b11-3-. The van der Waals surface area contributed by atoms with Crippen LogP contribution in [0.1, 0.15) is 13.3 Å². The molecule has 1 unspecified atom stereocenters. The van der Waals surface area contributed by atoms with E-state index in [0.29, 0.717) is 0 Å². The van der Waals surface area contributed by atoms with Gasteiger partial charge in [-0.3, -0.25) is 0 Å². The van der Waals surface area contributed by atoms with E-state index in [0.717, 1.165) is 17.9 Å². The highest BCUT2D eigenvalue weighted by molar-refractivity contribution is 5.25. The van der Waals surface area contributed by atoms with Crippen LogP contribution in [0.5, 0.6) is 0 Å². The van der Waals surface area contributed by atoms with Crippen LogP contribution in [0.4, 0.5) is 0 Å². The first-order valence-electron chi connectivity index (χ1n) is 4.35. The fourth-order valence-electron chi connectivity index (χ4n) is 1.37. The van der Waals surface area contributed by atoms with Gasteiger partial charge in [0.1, 0.15) is 5.76 Å². The van der Waals surface area contributed by atoms with Crippen molar-refractivity contribution >= 4 is 0 Å². The molecule has 1 aliphatic rings. The lowest BCUT2D eigenvalue weighted by Gasteiger charge is -2.17. The van der Waals surface area contributed by atoms with Crippen molar-refractivity contribution in [3.05, 3.63) is 48.6 Å². The fraction of sp³-hybridized carbons (Fsp3) is 0.273. The quantitative estimate of drug-likeness (QED) is 0.672. The number of nitrogens with two attached hydrogens (primary N) is 1. The summed E-state index contributed by atoms with van der Waals surface area (Å²) >= 11 is 0. The van der Waals surface area contributed by atoms with Gasteiger partial charge in [-0.05, 0) is 25.5 Å². The fourth-order valence-corrected chi connectivity index (χ4v) is 1.37. The van der Waals surface area contributed by atoms with Crippen molar-refractivity contribution in [1.29, 1.82) is 0 Å². The van der Waals surface area contributed by atoms with Crippen LogP contribution in [0.2, 0.25) is 0 Å². The molecule has 0 spiro atoms. The molecule has 13 heavy (non-hydrogen) atoms. The molecule has 0 aromatic heterocycles. The van der Waals surface area contributed by atoms with Crippen LogP contribution in [0, 0.1) is 5.92 Å². The zero-order chi connectivity index (χ0) is 9.68. The first kappa shape index (κ1) is 9.65. The number of ether oxygens (including phenoxy) is 1. The largest absolute Gasteiger partial charge is 0.470 e. The second kappa shape index (κ2) is 4.55. The Hall–Kier alpha value is -1.44. The smallest absolute Gasteiger partial charge is 0.106 e. The highest BCUT2D eigenvalue weighted by atomic mass is 16.5. The van der Waals surface area contributed by atoms with E-state index in [1.165, 1.54) is 6.26 Å². The monoisotopic (exact) mass is 177 g/mol. The predicted molar refractivity (Wildman–Crippen MR) is 54.6 cm³/mol. The van der Waals surface area contributed by atoms with Gasteiger partial charge in [0, 0.05) is 11.6 Å². The molecule has 1 rings (SSSR count). The first-order chi connectivity index (χ1) is 6.27. The van der Waals surface area contributed by atoms with E-state index in [2.05, 4.69) is 12.7 Å². The maximum atomic E-state index is 5.68. The lowest BCUT2D eigenvalue weighted by atomic mass is 9.97. The van der Waals surface area contributed by atoms with Gasteiger partial charge in [0.15, 0.2) is 0 Å². The van der Waals surface area contributed by atoms with Gasteiger partial charge in [-0.15, -0.1) is 0 Å². The molecular weight excluding hydrogens is 162 g/mol. The molecule has 0 saturated carbocycles. The van der Waals surface area contributed by atoms with E-state index in [-0.39, 0.29) is 5.92 Å². The van der Waals surface area contributed by atoms with Gasteiger partial charge in [0.2, 0.25) is 0 Å². The Bertz CT molecular complexity index is 274. The van der Waals surface area contributed by atoms with E-state index in [4.69, 9.17) is 10.5 Å². The van der Waals surface area contributed by atoms with Gasteiger partial charge in [-0.25, -0.2) is 0 Å². The lowest BCUT2D eigenvalue weighted by molar-refractivity contribution is 0.308. The minimum absolute atomic E-state index is 0.257. The van der Waals surface area contributed by atoms with Crippen molar-refractivity contribution in [2.45, 2.75) is 13.3 Å². The third-order valence-corrected chi connectivity index (χ3v) is 1.96. The normalized spacial score (nSPS) is 22.4. The molecule has 0 heterocycles. The second-order valence-electron chi connectivity index (χ2n) is 2.89. The zero-order valence-electron chi connectivity index (χ0n) is 7.86. The molecule has 0 fully saturated rings. The number of allylic oxidation sites excluding steroid dienone is 4. The minimum Gasteiger partial charge on any atom is -0.470 e. The second-order valence-corrected chi connectivity index (χ2v) is 2.89. The van der Waals surface area contributed by atoms with Crippen molar-refractivity contribution in [3.8, 4) is 0 Å². The van der Waals surface area contributed by atoms with Gasteiger partial charge < -0.3 is 10.5 Å². The summed E-state index contributed by atoms with van der Waals surface area (Å²) in [7, 11) is 0. The van der Waals surface area contributed by atoms with Crippen LogP contribution in [-0.2, 0) is 4.74 Å². The third-order valence-electron chi connectivity index (χ3n) is 1.96. The molecule has 0 aromatic rings. The summed E-state index contributed by atoms with van der Waals surface area (Å²) in [6, 6.07) is 0. The summed E-state index contributed by atoms with van der Waals surface area (Å²) in [6.07, 6.45) is 10.3. The van der Waals surface area contributed by atoms with Crippen molar-refractivity contribution in [1.82, 2.24) is 0 Å². The molecule has 2 heteroatoms. The molecule has 1 aliphatic carbocycles. The summed E-state index contributed by atoms with van der Waals surface area (Å²) in [5.74, 6) is 1.16. The van der Waals surface area contributed by atoms with Gasteiger partial charge >= 0.3 is 0 Å². The van der Waals surface area contributed by atoms with Crippen molar-refractivity contribution in [2.75, 3.05) is 0 Å². The molecule has 0 aliphatic heterocycles. The molecule has 2 nitrogen and oxygen atoms in total. The van der Waals surface area contributed by atoms with E-state index >= 15 is 0 Å². The summed E-state index contributed by atoms with van der Waals surface area (Å²) < 4.78 is 5.27.